The number of ether oxygens (including phenoxy) is 1. The van der Waals surface area contributed by atoms with E-state index in [1.165, 1.54) is 12.1 Å². The minimum Gasteiger partial charge on any atom is -0.481 e. The number of nitrogens with two attached hydrogens (primary N) is 1. The number of benzene rings is 1. The van der Waals surface area contributed by atoms with Crippen LogP contribution in [0.25, 0.3) is 0 Å². The molecule has 1 aromatic rings. The van der Waals surface area contributed by atoms with Crippen LogP contribution in [0.1, 0.15) is 5.56 Å². The zero-order valence-electron chi connectivity index (χ0n) is 10.4. The second-order valence-electron chi connectivity index (χ2n) is 3.89. The number of hydrogen-bond acceptors (Lipinski definition) is 5. The molecule has 1 rings (SSSR count). The van der Waals surface area contributed by atoms with E-state index in [9.17, 15) is 14.4 Å². The average molecular weight is 282 g/mol. The molecule has 1 atom stereocenters. The van der Waals surface area contributed by atoms with Crippen molar-refractivity contribution in [3.05, 3.63) is 29.8 Å². The van der Waals surface area contributed by atoms with Gasteiger partial charge in [-0.25, -0.2) is 4.79 Å². The highest BCUT2D eigenvalue weighted by atomic mass is 16.6. The van der Waals surface area contributed by atoms with E-state index in [4.69, 9.17) is 20.7 Å². The summed E-state index contributed by atoms with van der Waals surface area (Å²) in [6.45, 7) is -0.296. The third kappa shape index (κ3) is 4.94. The molecule has 108 valence electrons. The van der Waals surface area contributed by atoms with Crippen LogP contribution in [0.5, 0.6) is 5.75 Å². The van der Waals surface area contributed by atoms with Gasteiger partial charge in [-0.1, -0.05) is 18.2 Å². The number of aliphatic carboxylic acids is 2. The third-order valence-electron chi connectivity index (χ3n) is 2.30. The van der Waals surface area contributed by atoms with Gasteiger partial charge in [-0.05, 0) is 6.07 Å². The molecule has 0 aromatic heterocycles. The molecule has 5 N–H and O–H groups in total. The van der Waals surface area contributed by atoms with Gasteiger partial charge in [0, 0.05) is 12.1 Å². The summed E-state index contributed by atoms with van der Waals surface area (Å²) in [5, 5.41) is 19.4. The molecule has 0 fully saturated rings. The van der Waals surface area contributed by atoms with Crippen molar-refractivity contribution in [2.75, 3.05) is 6.54 Å². The Bertz CT molecular complexity index is 516. The lowest BCUT2D eigenvalue weighted by Gasteiger charge is -2.11. The number of carbonyl (C=O) groups excluding carboxylic acids is 1. The van der Waals surface area contributed by atoms with Gasteiger partial charge >= 0.3 is 18.0 Å². The molecule has 0 unspecified atom stereocenters. The van der Waals surface area contributed by atoms with Gasteiger partial charge in [0.05, 0.1) is 6.42 Å². The van der Waals surface area contributed by atoms with Crippen molar-refractivity contribution in [2.24, 2.45) is 5.73 Å². The van der Waals surface area contributed by atoms with Gasteiger partial charge in [-0.15, -0.1) is 0 Å². The molecule has 8 nitrogen and oxygen atoms in total. The Kier molecular flexibility index (Phi) is 5.48. The Balaban J connectivity index is 2.62. The van der Waals surface area contributed by atoms with Crippen LogP contribution >= 0.6 is 0 Å². The summed E-state index contributed by atoms with van der Waals surface area (Å²) >= 11 is 0. The standard InChI is InChI=1S/C12H14N2O6/c13-8(11(17)18)6-14-12(19)20-9-4-2-1-3-7(9)5-10(15)16/h1-4,8H,5-6,13H2,(H,14,19)(H,15,16)(H,17,18)/t8-/m0/s1. The Labute approximate surface area is 114 Å². The highest BCUT2D eigenvalue weighted by Gasteiger charge is 2.15. The maximum absolute atomic E-state index is 11.4. The van der Waals surface area contributed by atoms with Crippen molar-refractivity contribution in [3.8, 4) is 5.75 Å². The van der Waals surface area contributed by atoms with E-state index in [0.29, 0.717) is 5.56 Å². The molecule has 0 spiro atoms. The predicted octanol–water partition coefficient (Wildman–Crippen LogP) is -0.186. The van der Waals surface area contributed by atoms with Gasteiger partial charge in [0.15, 0.2) is 0 Å². The van der Waals surface area contributed by atoms with E-state index in [2.05, 4.69) is 5.32 Å². The lowest BCUT2D eigenvalue weighted by Crippen LogP contribution is -2.43. The highest BCUT2D eigenvalue weighted by Crippen LogP contribution is 2.18. The molecule has 1 aromatic carbocycles. The van der Waals surface area contributed by atoms with E-state index in [1.807, 2.05) is 0 Å². The van der Waals surface area contributed by atoms with E-state index in [1.54, 1.807) is 12.1 Å². The van der Waals surface area contributed by atoms with Crippen molar-refractivity contribution in [1.29, 1.82) is 0 Å². The first-order chi connectivity index (χ1) is 9.40. The predicted molar refractivity (Wildman–Crippen MR) is 67.4 cm³/mol. The number of rotatable bonds is 6. The summed E-state index contributed by atoms with van der Waals surface area (Å²) in [4.78, 5) is 32.6. The number of carboxylic acid groups (broad SMARTS) is 2. The van der Waals surface area contributed by atoms with E-state index < -0.39 is 24.1 Å². The summed E-state index contributed by atoms with van der Waals surface area (Å²) in [5.41, 5.74) is 5.54. The molecular formula is C12H14N2O6. The number of para-hydroxylation sites is 1. The van der Waals surface area contributed by atoms with Crippen molar-refractivity contribution in [3.63, 3.8) is 0 Å². The van der Waals surface area contributed by atoms with Crippen LogP contribution in [0.4, 0.5) is 4.79 Å². The Morgan fingerprint density at radius 1 is 1.25 bits per heavy atom. The summed E-state index contributed by atoms with van der Waals surface area (Å²) in [6.07, 6.45) is -1.20. The molecule has 0 radical (unpaired) electrons. The van der Waals surface area contributed by atoms with Crippen LogP contribution in [0.3, 0.4) is 0 Å². The zero-order valence-corrected chi connectivity index (χ0v) is 10.4. The number of carboxylic acids is 2. The lowest BCUT2D eigenvalue weighted by atomic mass is 10.1. The van der Waals surface area contributed by atoms with Gasteiger partial charge in [0.25, 0.3) is 0 Å². The number of carbonyl (C=O) groups is 3. The molecule has 0 aliphatic carbocycles. The zero-order chi connectivity index (χ0) is 15.1. The number of amides is 1. The van der Waals surface area contributed by atoms with Crippen LogP contribution in [0.2, 0.25) is 0 Å². The quantitative estimate of drug-likeness (QED) is 0.567. The molecule has 20 heavy (non-hydrogen) atoms. The van der Waals surface area contributed by atoms with Crippen LogP contribution in [-0.2, 0) is 16.0 Å². The molecule has 0 aliphatic rings. The normalized spacial score (nSPS) is 11.4. The molecule has 0 heterocycles. The van der Waals surface area contributed by atoms with E-state index in [0.717, 1.165) is 0 Å². The Hall–Kier alpha value is -2.61. The minimum atomic E-state index is -1.25. The SMILES string of the molecule is N[C@@H](CNC(=O)Oc1ccccc1CC(=O)O)C(=O)O. The van der Waals surface area contributed by atoms with Crippen molar-refractivity contribution < 1.29 is 29.3 Å². The van der Waals surface area contributed by atoms with Gasteiger partial charge in [-0.2, -0.15) is 0 Å². The summed E-state index contributed by atoms with van der Waals surface area (Å²) in [7, 11) is 0. The van der Waals surface area contributed by atoms with Gasteiger partial charge < -0.3 is 26.0 Å². The summed E-state index contributed by atoms with van der Waals surface area (Å²) in [5.74, 6) is -2.22. The average Bonchev–Trinajstić information content (AvgIpc) is 2.37. The fourth-order valence-electron chi connectivity index (χ4n) is 1.33. The van der Waals surface area contributed by atoms with Gasteiger partial charge in [-0.3, -0.25) is 9.59 Å². The smallest absolute Gasteiger partial charge is 0.412 e. The molecule has 0 aliphatic heterocycles. The van der Waals surface area contributed by atoms with E-state index >= 15 is 0 Å². The first kappa shape index (κ1) is 15.4. The second-order valence-corrected chi connectivity index (χ2v) is 3.89. The number of hydrogen-bond donors (Lipinski definition) is 4. The lowest BCUT2D eigenvalue weighted by molar-refractivity contribution is -0.138. The van der Waals surface area contributed by atoms with Crippen LogP contribution in [-0.4, -0.2) is 40.8 Å². The van der Waals surface area contributed by atoms with Crippen molar-refractivity contribution in [1.82, 2.24) is 5.32 Å². The largest absolute Gasteiger partial charge is 0.481 e. The summed E-state index contributed by atoms with van der Waals surface area (Å²) < 4.78 is 4.91. The number of nitrogens with one attached hydrogen (secondary N) is 1. The van der Waals surface area contributed by atoms with E-state index in [-0.39, 0.29) is 18.7 Å². The molecular weight excluding hydrogens is 268 g/mol. The fourth-order valence-corrected chi connectivity index (χ4v) is 1.33. The molecule has 1 amide bonds. The van der Waals surface area contributed by atoms with Crippen molar-refractivity contribution in [2.45, 2.75) is 12.5 Å². The summed E-state index contributed by atoms with van der Waals surface area (Å²) in [6, 6.07) is 4.91. The molecule has 8 heteroatoms. The Morgan fingerprint density at radius 2 is 1.90 bits per heavy atom. The van der Waals surface area contributed by atoms with Gasteiger partial charge in [0.2, 0.25) is 0 Å². The monoisotopic (exact) mass is 282 g/mol. The molecule has 0 saturated carbocycles. The maximum Gasteiger partial charge on any atom is 0.412 e. The highest BCUT2D eigenvalue weighted by molar-refractivity contribution is 5.76. The minimum absolute atomic E-state index is 0.0938. The first-order valence-electron chi connectivity index (χ1n) is 5.64. The van der Waals surface area contributed by atoms with Gasteiger partial charge in [0.1, 0.15) is 11.8 Å². The van der Waals surface area contributed by atoms with Crippen molar-refractivity contribution >= 4 is 18.0 Å². The van der Waals surface area contributed by atoms with Crippen LogP contribution in [0.15, 0.2) is 24.3 Å². The molecule has 0 saturated heterocycles. The van der Waals surface area contributed by atoms with Crippen LogP contribution < -0.4 is 15.8 Å². The maximum atomic E-state index is 11.4. The first-order valence-corrected chi connectivity index (χ1v) is 5.64. The molecule has 0 bridgehead atoms. The third-order valence-corrected chi connectivity index (χ3v) is 2.30. The Morgan fingerprint density at radius 3 is 2.50 bits per heavy atom. The second kappa shape index (κ2) is 7.10. The fraction of sp³-hybridized carbons (Fsp3) is 0.250. The van der Waals surface area contributed by atoms with Crippen LogP contribution in [0, 0.1) is 0 Å². The topological polar surface area (TPSA) is 139 Å².